The SMILES string of the molecule is NCC1(C(O)c2cccc(C3CC3)c2)CCCCC1. The van der Waals surface area contributed by atoms with Crippen LogP contribution < -0.4 is 5.73 Å². The van der Waals surface area contributed by atoms with Crippen molar-refractivity contribution < 1.29 is 5.11 Å². The molecule has 2 saturated carbocycles. The molecule has 0 saturated heterocycles. The van der Waals surface area contributed by atoms with E-state index < -0.39 is 6.10 Å². The lowest BCUT2D eigenvalue weighted by atomic mass is 9.68. The van der Waals surface area contributed by atoms with Crippen LogP contribution in [0.1, 0.15) is 68.1 Å². The van der Waals surface area contributed by atoms with Crippen LogP contribution in [-0.4, -0.2) is 11.7 Å². The Bertz CT molecular complexity index is 433. The molecule has 0 heterocycles. The molecule has 0 radical (unpaired) electrons. The second-order valence-electron chi connectivity index (χ2n) is 6.47. The Labute approximate surface area is 116 Å². The molecule has 1 unspecified atom stereocenters. The van der Waals surface area contributed by atoms with Crippen LogP contribution in [0.25, 0.3) is 0 Å². The zero-order valence-electron chi connectivity index (χ0n) is 11.6. The normalized spacial score (nSPS) is 24.1. The molecule has 0 aliphatic heterocycles. The first-order chi connectivity index (χ1) is 9.25. The summed E-state index contributed by atoms with van der Waals surface area (Å²) in [6.07, 6.45) is 8.06. The largest absolute Gasteiger partial charge is 0.388 e. The van der Waals surface area contributed by atoms with Crippen molar-refractivity contribution in [2.45, 2.75) is 57.0 Å². The molecule has 19 heavy (non-hydrogen) atoms. The Morgan fingerprint density at radius 1 is 1.21 bits per heavy atom. The maximum absolute atomic E-state index is 10.8. The highest BCUT2D eigenvalue weighted by Crippen LogP contribution is 2.46. The van der Waals surface area contributed by atoms with Gasteiger partial charge in [-0.05, 0) is 42.7 Å². The van der Waals surface area contributed by atoms with E-state index in [1.54, 1.807) is 0 Å². The fraction of sp³-hybridized carbons (Fsp3) is 0.647. The highest BCUT2D eigenvalue weighted by Gasteiger charge is 2.38. The van der Waals surface area contributed by atoms with Crippen molar-refractivity contribution in [3.05, 3.63) is 35.4 Å². The third kappa shape index (κ3) is 2.56. The minimum Gasteiger partial charge on any atom is -0.388 e. The van der Waals surface area contributed by atoms with Gasteiger partial charge >= 0.3 is 0 Å². The van der Waals surface area contributed by atoms with Crippen LogP contribution in [0.2, 0.25) is 0 Å². The summed E-state index contributed by atoms with van der Waals surface area (Å²) < 4.78 is 0. The van der Waals surface area contributed by atoms with Crippen molar-refractivity contribution in [1.82, 2.24) is 0 Å². The third-order valence-corrected chi connectivity index (χ3v) is 5.11. The van der Waals surface area contributed by atoms with E-state index in [9.17, 15) is 5.11 Å². The number of nitrogens with two attached hydrogens (primary N) is 1. The molecule has 3 N–H and O–H groups in total. The highest BCUT2D eigenvalue weighted by molar-refractivity contribution is 5.31. The maximum Gasteiger partial charge on any atom is 0.0858 e. The second-order valence-corrected chi connectivity index (χ2v) is 6.47. The molecule has 2 fully saturated rings. The Hall–Kier alpha value is -0.860. The lowest BCUT2D eigenvalue weighted by Crippen LogP contribution is -2.38. The Morgan fingerprint density at radius 3 is 2.58 bits per heavy atom. The molecule has 2 nitrogen and oxygen atoms in total. The monoisotopic (exact) mass is 259 g/mol. The number of benzene rings is 1. The number of rotatable bonds is 4. The maximum atomic E-state index is 10.8. The molecule has 2 heteroatoms. The fourth-order valence-electron chi connectivity index (χ4n) is 3.60. The highest BCUT2D eigenvalue weighted by atomic mass is 16.3. The Balaban J connectivity index is 1.84. The molecular formula is C17H25NO. The minimum absolute atomic E-state index is 0.0829. The van der Waals surface area contributed by atoms with E-state index in [-0.39, 0.29) is 5.41 Å². The van der Waals surface area contributed by atoms with Gasteiger partial charge in [-0.2, -0.15) is 0 Å². The third-order valence-electron chi connectivity index (χ3n) is 5.11. The molecule has 3 rings (SSSR count). The Morgan fingerprint density at radius 2 is 1.95 bits per heavy atom. The molecule has 2 aliphatic rings. The standard InChI is InChI=1S/C17H25NO/c18-12-17(9-2-1-3-10-17)16(19)15-6-4-5-14(11-15)13-7-8-13/h4-6,11,13,16,19H,1-3,7-10,12,18H2. The quantitative estimate of drug-likeness (QED) is 0.869. The molecule has 1 aromatic rings. The van der Waals surface area contributed by atoms with Crippen molar-refractivity contribution >= 4 is 0 Å². The summed E-state index contributed by atoms with van der Waals surface area (Å²) in [7, 11) is 0. The zero-order chi connectivity index (χ0) is 13.3. The first-order valence-electron chi connectivity index (χ1n) is 7.73. The Kier molecular flexibility index (Phi) is 3.64. The van der Waals surface area contributed by atoms with Gasteiger partial charge in [0.25, 0.3) is 0 Å². The van der Waals surface area contributed by atoms with E-state index in [0.29, 0.717) is 6.54 Å². The lowest BCUT2D eigenvalue weighted by Gasteiger charge is -2.40. The number of hydrogen-bond donors (Lipinski definition) is 2. The van der Waals surface area contributed by atoms with Gasteiger partial charge in [0.05, 0.1) is 6.10 Å². The summed E-state index contributed by atoms with van der Waals surface area (Å²) in [5.74, 6) is 0.743. The van der Waals surface area contributed by atoms with Crippen molar-refractivity contribution in [3.8, 4) is 0 Å². The van der Waals surface area contributed by atoms with Crippen molar-refractivity contribution in [3.63, 3.8) is 0 Å². The molecule has 0 bridgehead atoms. The van der Waals surface area contributed by atoms with Gasteiger partial charge in [-0.15, -0.1) is 0 Å². The van der Waals surface area contributed by atoms with Gasteiger partial charge < -0.3 is 10.8 Å². The summed E-state index contributed by atoms with van der Waals surface area (Å²) in [5.41, 5.74) is 8.43. The molecule has 1 aromatic carbocycles. The van der Waals surface area contributed by atoms with Crippen LogP contribution in [-0.2, 0) is 0 Å². The van der Waals surface area contributed by atoms with E-state index in [4.69, 9.17) is 5.73 Å². The number of aliphatic hydroxyl groups excluding tert-OH is 1. The van der Waals surface area contributed by atoms with E-state index >= 15 is 0 Å². The summed E-state index contributed by atoms with van der Waals surface area (Å²) >= 11 is 0. The second kappa shape index (κ2) is 5.26. The first kappa shape index (κ1) is 13.1. The van der Waals surface area contributed by atoms with Crippen LogP contribution in [0.3, 0.4) is 0 Å². The molecular weight excluding hydrogens is 234 g/mol. The molecule has 0 spiro atoms. The van der Waals surface area contributed by atoms with E-state index in [1.807, 2.05) is 0 Å². The predicted molar refractivity (Wildman–Crippen MR) is 77.9 cm³/mol. The zero-order valence-corrected chi connectivity index (χ0v) is 11.6. The van der Waals surface area contributed by atoms with E-state index in [2.05, 4.69) is 24.3 Å². The summed E-state index contributed by atoms with van der Waals surface area (Å²) in [6, 6.07) is 8.58. The molecule has 0 aromatic heterocycles. The van der Waals surface area contributed by atoms with Crippen LogP contribution in [0.5, 0.6) is 0 Å². The van der Waals surface area contributed by atoms with Crippen LogP contribution in [0.15, 0.2) is 24.3 Å². The van der Waals surface area contributed by atoms with Crippen LogP contribution in [0.4, 0.5) is 0 Å². The average molecular weight is 259 g/mol. The van der Waals surface area contributed by atoms with Gasteiger partial charge in [0, 0.05) is 12.0 Å². The fourth-order valence-corrected chi connectivity index (χ4v) is 3.60. The molecule has 2 aliphatic carbocycles. The number of hydrogen-bond acceptors (Lipinski definition) is 2. The molecule has 104 valence electrons. The minimum atomic E-state index is -0.392. The summed E-state index contributed by atoms with van der Waals surface area (Å²) in [5, 5.41) is 10.8. The van der Waals surface area contributed by atoms with Crippen molar-refractivity contribution in [1.29, 1.82) is 0 Å². The van der Waals surface area contributed by atoms with Gasteiger partial charge in [-0.25, -0.2) is 0 Å². The van der Waals surface area contributed by atoms with Crippen LogP contribution >= 0.6 is 0 Å². The van der Waals surface area contributed by atoms with Crippen molar-refractivity contribution in [2.24, 2.45) is 11.1 Å². The smallest absolute Gasteiger partial charge is 0.0858 e. The first-order valence-corrected chi connectivity index (χ1v) is 7.73. The van der Waals surface area contributed by atoms with E-state index in [1.165, 1.54) is 37.7 Å². The molecule has 1 atom stereocenters. The van der Waals surface area contributed by atoms with Gasteiger partial charge in [-0.3, -0.25) is 0 Å². The lowest BCUT2D eigenvalue weighted by molar-refractivity contribution is 0.000655. The van der Waals surface area contributed by atoms with Crippen molar-refractivity contribution in [2.75, 3.05) is 6.54 Å². The molecule has 0 amide bonds. The van der Waals surface area contributed by atoms with Gasteiger partial charge in [0.1, 0.15) is 0 Å². The predicted octanol–water partition coefficient (Wildman–Crippen LogP) is 3.51. The summed E-state index contributed by atoms with van der Waals surface area (Å²) in [6.45, 7) is 0.599. The van der Waals surface area contributed by atoms with Gasteiger partial charge in [0.15, 0.2) is 0 Å². The van der Waals surface area contributed by atoms with Crippen LogP contribution in [0, 0.1) is 5.41 Å². The van der Waals surface area contributed by atoms with E-state index in [0.717, 1.165) is 24.3 Å². The average Bonchev–Trinajstić information content (AvgIpc) is 3.32. The van der Waals surface area contributed by atoms with Gasteiger partial charge in [0.2, 0.25) is 0 Å². The van der Waals surface area contributed by atoms with Gasteiger partial charge in [-0.1, -0.05) is 43.5 Å². The number of aliphatic hydroxyl groups is 1. The topological polar surface area (TPSA) is 46.2 Å². The summed E-state index contributed by atoms with van der Waals surface area (Å²) in [4.78, 5) is 0.